The molecule has 1 heterocycles. The number of rotatable bonds is 4. The smallest absolute Gasteiger partial charge is 0.255 e. The Morgan fingerprint density at radius 1 is 1.40 bits per heavy atom. The maximum absolute atomic E-state index is 12.7. The first kappa shape index (κ1) is 14.1. The average molecular weight is 371 g/mol. The zero-order valence-corrected chi connectivity index (χ0v) is 13.8. The second kappa shape index (κ2) is 5.88. The molecule has 1 fully saturated rings. The molecule has 1 aliphatic rings. The zero-order chi connectivity index (χ0) is 14.1. The van der Waals surface area contributed by atoms with Gasteiger partial charge in [0.15, 0.2) is 0 Å². The van der Waals surface area contributed by atoms with Gasteiger partial charge >= 0.3 is 0 Å². The molecule has 2 aromatic rings. The van der Waals surface area contributed by atoms with Crippen LogP contribution in [0.1, 0.15) is 28.8 Å². The predicted molar refractivity (Wildman–Crippen MR) is 86.4 cm³/mol. The number of hydrogen-bond donors (Lipinski definition) is 0. The first-order valence-electron chi connectivity index (χ1n) is 6.42. The molecule has 0 unspecified atom stereocenters. The highest BCUT2D eigenvalue weighted by Crippen LogP contribution is 2.32. The summed E-state index contributed by atoms with van der Waals surface area (Å²) in [5, 5.41) is 4.64. The minimum absolute atomic E-state index is 0.0185. The third-order valence-electron chi connectivity index (χ3n) is 3.34. The van der Waals surface area contributed by atoms with Crippen molar-refractivity contribution < 1.29 is 4.79 Å². The molecule has 0 spiro atoms. The molecule has 104 valence electrons. The molecule has 1 saturated carbocycles. The molecule has 1 aromatic heterocycles. The standard InChI is InChI=1S/C15H13BrClNOS/c16-11-1-4-14(17)13(7-11)15(19)18(12-2-3-12)8-10-5-6-20-9-10/h1,4-7,9,12H,2-3,8H2. The highest BCUT2D eigenvalue weighted by molar-refractivity contribution is 9.10. The van der Waals surface area contributed by atoms with Crippen LogP contribution in [0.15, 0.2) is 39.5 Å². The van der Waals surface area contributed by atoms with E-state index in [4.69, 9.17) is 11.6 Å². The second-order valence-corrected chi connectivity index (χ2v) is 7.02. The van der Waals surface area contributed by atoms with Crippen molar-refractivity contribution in [3.8, 4) is 0 Å². The number of thiophene rings is 1. The van der Waals surface area contributed by atoms with Crippen LogP contribution >= 0.6 is 38.9 Å². The van der Waals surface area contributed by atoms with E-state index in [0.29, 0.717) is 23.2 Å². The highest BCUT2D eigenvalue weighted by atomic mass is 79.9. The molecule has 1 aliphatic carbocycles. The molecule has 20 heavy (non-hydrogen) atoms. The molecule has 0 saturated heterocycles. The quantitative estimate of drug-likeness (QED) is 0.744. The molecular weight excluding hydrogens is 358 g/mol. The van der Waals surface area contributed by atoms with Crippen molar-refractivity contribution in [2.24, 2.45) is 0 Å². The summed E-state index contributed by atoms with van der Waals surface area (Å²) in [4.78, 5) is 14.7. The molecule has 5 heteroatoms. The third-order valence-corrected chi connectivity index (χ3v) is 4.90. The van der Waals surface area contributed by atoms with E-state index < -0.39 is 0 Å². The van der Waals surface area contributed by atoms with Crippen molar-refractivity contribution >= 4 is 44.8 Å². The zero-order valence-electron chi connectivity index (χ0n) is 10.7. The lowest BCUT2D eigenvalue weighted by molar-refractivity contribution is 0.0730. The molecule has 0 bridgehead atoms. The highest BCUT2D eigenvalue weighted by Gasteiger charge is 2.33. The van der Waals surface area contributed by atoms with E-state index in [1.54, 1.807) is 23.5 Å². The van der Waals surface area contributed by atoms with Crippen LogP contribution in [0, 0.1) is 0 Å². The van der Waals surface area contributed by atoms with Crippen LogP contribution < -0.4 is 0 Å². The van der Waals surface area contributed by atoms with Gasteiger partial charge in [0.1, 0.15) is 0 Å². The molecule has 3 rings (SSSR count). The fourth-order valence-electron chi connectivity index (χ4n) is 2.15. The number of nitrogens with zero attached hydrogens (tertiary/aromatic N) is 1. The van der Waals surface area contributed by atoms with Crippen LogP contribution in [0.2, 0.25) is 5.02 Å². The summed E-state index contributed by atoms with van der Waals surface area (Å²) in [5.41, 5.74) is 1.75. The summed E-state index contributed by atoms with van der Waals surface area (Å²) in [7, 11) is 0. The molecule has 0 atom stereocenters. The lowest BCUT2D eigenvalue weighted by atomic mass is 10.2. The minimum atomic E-state index is 0.0185. The van der Waals surface area contributed by atoms with E-state index >= 15 is 0 Å². The maximum Gasteiger partial charge on any atom is 0.255 e. The Morgan fingerprint density at radius 2 is 2.20 bits per heavy atom. The Balaban J connectivity index is 1.87. The number of hydrogen-bond acceptors (Lipinski definition) is 2. The van der Waals surface area contributed by atoms with Crippen LogP contribution in [-0.2, 0) is 6.54 Å². The van der Waals surface area contributed by atoms with Crippen molar-refractivity contribution in [1.29, 1.82) is 0 Å². The van der Waals surface area contributed by atoms with Crippen molar-refractivity contribution in [3.05, 3.63) is 55.6 Å². The first-order chi connectivity index (χ1) is 9.65. The number of carbonyl (C=O) groups is 1. The fraction of sp³-hybridized carbons (Fsp3) is 0.267. The van der Waals surface area contributed by atoms with E-state index in [9.17, 15) is 4.79 Å². The van der Waals surface area contributed by atoms with Crippen LogP contribution in [0.3, 0.4) is 0 Å². The largest absolute Gasteiger partial charge is 0.331 e. The van der Waals surface area contributed by atoms with Crippen LogP contribution in [0.5, 0.6) is 0 Å². The van der Waals surface area contributed by atoms with Gasteiger partial charge in [-0.05, 0) is 53.4 Å². The van der Waals surface area contributed by atoms with Gasteiger partial charge in [0, 0.05) is 17.1 Å². The molecule has 1 amide bonds. The van der Waals surface area contributed by atoms with Crippen molar-refractivity contribution in [3.63, 3.8) is 0 Å². The topological polar surface area (TPSA) is 20.3 Å². The molecular formula is C15H13BrClNOS. The molecule has 0 radical (unpaired) electrons. The Bertz CT molecular complexity index is 625. The Labute approximate surface area is 135 Å². The summed E-state index contributed by atoms with van der Waals surface area (Å²) >= 11 is 11.2. The van der Waals surface area contributed by atoms with E-state index in [2.05, 4.69) is 27.4 Å². The number of benzene rings is 1. The lowest BCUT2D eigenvalue weighted by Crippen LogP contribution is -2.32. The maximum atomic E-state index is 12.7. The van der Waals surface area contributed by atoms with Crippen molar-refractivity contribution in [1.82, 2.24) is 4.90 Å². The van der Waals surface area contributed by atoms with Gasteiger partial charge in [0.05, 0.1) is 10.6 Å². The van der Waals surface area contributed by atoms with Crippen molar-refractivity contribution in [2.45, 2.75) is 25.4 Å². The van der Waals surface area contributed by atoms with Gasteiger partial charge in [0.2, 0.25) is 0 Å². The number of carbonyl (C=O) groups excluding carboxylic acids is 1. The van der Waals surface area contributed by atoms with E-state index in [-0.39, 0.29) is 5.91 Å². The minimum Gasteiger partial charge on any atom is -0.331 e. The van der Waals surface area contributed by atoms with Crippen LogP contribution in [-0.4, -0.2) is 16.8 Å². The fourth-order valence-corrected chi connectivity index (χ4v) is 3.37. The third kappa shape index (κ3) is 3.08. The van der Waals surface area contributed by atoms with Crippen molar-refractivity contribution in [2.75, 3.05) is 0 Å². The van der Waals surface area contributed by atoms with Gasteiger partial charge in [-0.3, -0.25) is 4.79 Å². The Hall–Kier alpha value is -0.840. The molecule has 2 nitrogen and oxygen atoms in total. The summed E-state index contributed by atoms with van der Waals surface area (Å²) < 4.78 is 0.872. The molecule has 1 aromatic carbocycles. The van der Waals surface area contributed by atoms with Gasteiger partial charge in [-0.25, -0.2) is 0 Å². The van der Waals surface area contributed by atoms with Gasteiger partial charge in [-0.15, -0.1) is 0 Å². The van der Waals surface area contributed by atoms with E-state index in [0.717, 1.165) is 17.3 Å². The van der Waals surface area contributed by atoms with E-state index in [1.807, 2.05) is 16.3 Å². The summed E-state index contributed by atoms with van der Waals surface area (Å²) in [6.45, 7) is 0.663. The van der Waals surface area contributed by atoms with E-state index in [1.165, 1.54) is 5.56 Å². The number of amides is 1. The number of halogens is 2. The molecule has 0 N–H and O–H groups in total. The normalized spacial score (nSPS) is 14.3. The molecule has 0 aliphatic heterocycles. The average Bonchev–Trinajstić information content (AvgIpc) is 3.15. The van der Waals surface area contributed by atoms with Crippen LogP contribution in [0.4, 0.5) is 0 Å². The van der Waals surface area contributed by atoms with Gasteiger partial charge < -0.3 is 4.90 Å². The van der Waals surface area contributed by atoms with Crippen LogP contribution in [0.25, 0.3) is 0 Å². The Kier molecular flexibility index (Phi) is 4.15. The summed E-state index contributed by atoms with van der Waals surface area (Å²) in [6, 6.07) is 7.83. The predicted octanol–water partition coefficient (Wildman–Crippen LogP) is 4.97. The summed E-state index contributed by atoms with van der Waals surface area (Å²) in [6.07, 6.45) is 2.17. The lowest BCUT2D eigenvalue weighted by Gasteiger charge is -2.22. The summed E-state index contributed by atoms with van der Waals surface area (Å²) in [5.74, 6) is 0.0185. The second-order valence-electron chi connectivity index (χ2n) is 4.92. The van der Waals surface area contributed by atoms with Gasteiger partial charge in [-0.2, -0.15) is 11.3 Å². The van der Waals surface area contributed by atoms with Gasteiger partial charge in [0.25, 0.3) is 5.91 Å². The Morgan fingerprint density at radius 3 is 2.85 bits per heavy atom. The monoisotopic (exact) mass is 369 g/mol. The first-order valence-corrected chi connectivity index (χ1v) is 8.53. The van der Waals surface area contributed by atoms with Gasteiger partial charge in [-0.1, -0.05) is 27.5 Å². The SMILES string of the molecule is O=C(c1cc(Br)ccc1Cl)N(Cc1ccsc1)C1CC1.